The first-order valence-corrected chi connectivity index (χ1v) is 7.88. The number of carbonyl (C=O) groups is 1. The van der Waals surface area contributed by atoms with Crippen molar-refractivity contribution in [1.29, 1.82) is 5.26 Å². The molecule has 1 unspecified atom stereocenters. The van der Waals surface area contributed by atoms with Gasteiger partial charge in [0.2, 0.25) is 15.9 Å². The summed E-state index contributed by atoms with van der Waals surface area (Å²) in [5.41, 5.74) is -0.421. The molecule has 21 heavy (non-hydrogen) atoms. The first kappa shape index (κ1) is 17.1. The summed E-state index contributed by atoms with van der Waals surface area (Å²) in [5, 5.41) is 11.6. The van der Waals surface area contributed by atoms with Crippen LogP contribution in [0.4, 0.5) is 0 Å². The van der Waals surface area contributed by atoms with E-state index in [1.54, 1.807) is 26.8 Å². The van der Waals surface area contributed by atoms with Gasteiger partial charge in [0.15, 0.2) is 0 Å². The van der Waals surface area contributed by atoms with Crippen molar-refractivity contribution < 1.29 is 13.2 Å². The highest BCUT2D eigenvalue weighted by atomic mass is 32.2. The fourth-order valence-electron chi connectivity index (χ4n) is 1.62. The molecule has 0 saturated heterocycles. The molecule has 0 aliphatic rings. The number of carbonyl (C=O) groups excluding carboxylic acids is 1. The molecule has 1 rings (SSSR count). The smallest absolute Gasteiger partial charge is 0.242 e. The predicted molar refractivity (Wildman–Crippen MR) is 78.8 cm³/mol. The first-order valence-electron chi connectivity index (χ1n) is 6.40. The van der Waals surface area contributed by atoms with E-state index in [1.165, 1.54) is 25.1 Å². The minimum absolute atomic E-state index is 0.0356. The van der Waals surface area contributed by atoms with Crippen LogP contribution in [0.15, 0.2) is 29.2 Å². The van der Waals surface area contributed by atoms with Crippen LogP contribution in [0.5, 0.6) is 0 Å². The first-order chi connectivity index (χ1) is 9.57. The van der Waals surface area contributed by atoms with Crippen LogP contribution in [0.2, 0.25) is 0 Å². The molecule has 0 spiro atoms. The maximum absolute atomic E-state index is 12.3. The second-order valence-electron chi connectivity index (χ2n) is 5.69. The van der Waals surface area contributed by atoms with Crippen LogP contribution in [-0.2, 0) is 14.8 Å². The maximum atomic E-state index is 12.3. The van der Waals surface area contributed by atoms with E-state index in [-0.39, 0.29) is 10.5 Å². The lowest BCUT2D eigenvalue weighted by atomic mass is 10.1. The Morgan fingerprint density at radius 1 is 1.29 bits per heavy atom. The largest absolute Gasteiger partial charge is 0.350 e. The van der Waals surface area contributed by atoms with E-state index in [0.717, 1.165) is 0 Å². The van der Waals surface area contributed by atoms with E-state index in [9.17, 15) is 13.2 Å². The highest BCUT2D eigenvalue weighted by Gasteiger charge is 2.26. The number of benzene rings is 1. The minimum atomic E-state index is -3.94. The predicted octanol–water partition coefficient (Wildman–Crippen LogP) is 1.14. The summed E-state index contributed by atoms with van der Waals surface area (Å²) in [6.07, 6.45) is 0. The van der Waals surface area contributed by atoms with Crippen LogP contribution in [0.25, 0.3) is 0 Å². The Bertz CT molecular complexity index is 669. The third-order valence-corrected chi connectivity index (χ3v) is 4.12. The number of rotatable bonds is 4. The lowest BCUT2D eigenvalue weighted by molar-refractivity contribution is -0.123. The summed E-state index contributed by atoms with van der Waals surface area (Å²) in [6.45, 7) is 6.86. The van der Waals surface area contributed by atoms with Crippen molar-refractivity contribution in [1.82, 2.24) is 10.0 Å². The Hall–Kier alpha value is -1.91. The number of sulfonamides is 1. The minimum Gasteiger partial charge on any atom is -0.350 e. The molecule has 0 bridgehead atoms. The van der Waals surface area contributed by atoms with Gasteiger partial charge >= 0.3 is 0 Å². The Morgan fingerprint density at radius 3 is 2.38 bits per heavy atom. The summed E-state index contributed by atoms with van der Waals surface area (Å²) >= 11 is 0. The topological polar surface area (TPSA) is 99.1 Å². The van der Waals surface area contributed by atoms with Crippen molar-refractivity contribution in [3.8, 4) is 6.07 Å². The monoisotopic (exact) mass is 309 g/mol. The standard InChI is InChI=1S/C14H19N3O3S/c1-10(13(18)16-14(2,3)4)17-21(19,20)12-8-6-5-7-11(12)9-15/h5-8,10,17H,1-4H3,(H,16,18). The van der Waals surface area contributed by atoms with Crippen LogP contribution >= 0.6 is 0 Å². The van der Waals surface area contributed by atoms with Gasteiger partial charge in [-0.1, -0.05) is 12.1 Å². The van der Waals surface area contributed by atoms with Crippen molar-refractivity contribution in [2.24, 2.45) is 0 Å². The van der Waals surface area contributed by atoms with Crippen LogP contribution in [0.1, 0.15) is 33.3 Å². The number of nitriles is 1. The zero-order valence-electron chi connectivity index (χ0n) is 12.5. The Morgan fingerprint density at radius 2 is 1.86 bits per heavy atom. The molecule has 0 aromatic heterocycles. The van der Waals surface area contributed by atoms with E-state index in [4.69, 9.17) is 5.26 Å². The van der Waals surface area contributed by atoms with Gasteiger partial charge in [0.05, 0.1) is 16.5 Å². The van der Waals surface area contributed by atoms with Gasteiger partial charge in [0.1, 0.15) is 6.07 Å². The molecule has 0 aliphatic heterocycles. The number of hydrogen-bond donors (Lipinski definition) is 2. The lowest BCUT2D eigenvalue weighted by Gasteiger charge is -2.23. The normalized spacial score (nSPS) is 13.3. The van der Waals surface area contributed by atoms with E-state index >= 15 is 0 Å². The van der Waals surface area contributed by atoms with Gasteiger partial charge in [-0.2, -0.15) is 9.98 Å². The van der Waals surface area contributed by atoms with E-state index in [0.29, 0.717) is 0 Å². The SMILES string of the molecule is CC(NS(=O)(=O)c1ccccc1C#N)C(=O)NC(C)(C)C. The number of amides is 1. The fraction of sp³-hybridized carbons (Fsp3) is 0.429. The summed E-state index contributed by atoms with van der Waals surface area (Å²) < 4.78 is 26.8. The van der Waals surface area contributed by atoms with Crippen molar-refractivity contribution in [2.45, 2.75) is 44.2 Å². The number of nitrogens with zero attached hydrogens (tertiary/aromatic N) is 1. The highest BCUT2D eigenvalue weighted by Crippen LogP contribution is 2.14. The Kier molecular flexibility index (Phi) is 5.10. The Balaban J connectivity index is 2.96. The molecule has 1 atom stereocenters. The highest BCUT2D eigenvalue weighted by molar-refractivity contribution is 7.89. The molecule has 2 N–H and O–H groups in total. The molecule has 0 fully saturated rings. The van der Waals surface area contributed by atoms with Gasteiger partial charge in [-0.05, 0) is 39.8 Å². The van der Waals surface area contributed by atoms with Crippen LogP contribution in [0, 0.1) is 11.3 Å². The molecular weight excluding hydrogens is 290 g/mol. The van der Waals surface area contributed by atoms with Crippen LogP contribution in [0.3, 0.4) is 0 Å². The van der Waals surface area contributed by atoms with E-state index in [2.05, 4.69) is 10.0 Å². The zero-order valence-corrected chi connectivity index (χ0v) is 13.3. The third-order valence-electron chi connectivity index (χ3n) is 2.52. The van der Waals surface area contributed by atoms with E-state index in [1.807, 2.05) is 6.07 Å². The zero-order chi connectivity index (χ0) is 16.3. The fourth-order valence-corrected chi connectivity index (χ4v) is 2.98. The molecule has 1 amide bonds. The second-order valence-corrected chi connectivity index (χ2v) is 7.37. The van der Waals surface area contributed by atoms with Gasteiger partial charge in [0.25, 0.3) is 0 Å². The average molecular weight is 309 g/mol. The van der Waals surface area contributed by atoms with Gasteiger partial charge < -0.3 is 5.32 Å². The number of nitrogens with one attached hydrogen (secondary N) is 2. The molecule has 6 nitrogen and oxygen atoms in total. The molecule has 7 heteroatoms. The third kappa shape index (κ3) is 4.85. The Labute approximate surface area is 125 Å². The molecule has 0 radical (unpaired) electrons. The van der Waals surface area contributed by atoms with Crippen molar-refractivity contribution in [3.63, 3.8) is 0 Å². The van der Waals surface area contributed by atoms with Gasteiger partial charge in [0, 0.05) is 5.54 Å². The average Bonchev–Trinajstić information content (AvgIpc) is 2.36. The number of hydrogen-bond acceptors (Lipinski definition) is 4. The summed E-state index contributed by atoms with van der Waals surface area (Å²) in [6, 6.07) is 6.72. The summed E-state index contributed by atoms with van der Waals surface area (Å²) in [7, 11) is -3.94. The molecule has 0 heterocycles. The van der Waals surface area contributed by atoms with Gasteiger partial charge in [-0.25, -0.2) is 8.42 Å². The van der Waals surface area contributed by atoms with E-state index < -0.39 is 27.5 Å². The molecule has 114 valence electrons. The van der Waals surface area contributed by atoms with Crippen molar-refractivity contribution in [2.75, 3.05) is 0 Å². The van der Waals surface area contributed by atoms with Crippen molar-refractivity contribution >= 4 is 15.9 Å². The van der Waals surface area contributed by atoms with Crippen LogP contribution < -0.4 is 10.0 Å². The molecule has 0 aliphatic carbocycles. The summed E-state index contributed by atoms with van der Waals surface area (Å²) in [4.78, 5) is 11.8. The molecule has 0 saturated carbocycles. The summed E-state index contributed by atoms with van der Waals surface area (Å²) in [5.74, 6) is -0.430. The lowest BCUT2D eigenvalue weighted by Crippen LogP contribution is -2.50. The van der Waals surface area contributed by atoms with Crippen molar-refractivity contribution in [3.05, 3.63) is 29.8 Å². The molecule has 1 aromatic carbocycles. The van der Waals surface area contributed by atoms with Gasteiger partial charge in [-0.15, -0.1) is 0 Å². The molecule has 1 aromatic rings. The maximum Gasteiger partial charge on any atom is 0.242 e. The second kappa shape index (κ2) is 6.24. The molecular formula is C14H19N3O3S. The van der Waals surface area contributed by atoms with Crippen LogP contribution in [-0.4, -0.2) is 25.9 Å². The van der Waals surface area contributed by atoms with Gasteiger partial charge in [-0.3, -0.25) is 4.79 Å². The quantitative estimate of drug-likeness (QED) is 0.871.